The largest absolute Gasteiger partial charge is 0.342 e. The lowest BCUT2D eigenvalue weighted by atomic mass is 10.1. The van der Waals surface area contributed by atoms with E-state index in [2.05, 4.69) is 15.1 Å². The summed E-state index contributed by atoms with van der Waals surface area (Å²) < 4.78 is 1.51. The van der Waals surface area contributed by atoms with E-state index >= 15 is 0 Å². The molecule has 5 aromatic rings. The number of nitrogens with one attached hydrogen (secondary N) is 2. The van der Waals surface area contributed by atoms with Crippen molar-refractivity contribution in [3.05, 3.63) is 88.1 Å². The first-order chi connectivity index (χ1) is 16.7. The standard InChI is InChI=1S/C26H24N6O2/c33-25(12-6-11-23-27-19-9-4-5-10-20(19)28-23)31-14-13-18-22(16-31)29-24-15-21(30-32(24)26(18)34)17-7-2-1-3-8-17/h1-5,7-10,15,30H,6,11-14,16H2,(H,27,28). The topological polar surface area (TPSA) is 99.2 Å². The molecule has 0 saturated heterocycles. The number of amides is 1. The zero-order valence-electron chi connectivity index (χ0n) is 18.6. The van der Waals surface area contributed by atoms with Gasteiger partial charge in [-0.25, -0.2) is 14.5 Å². The van der Waals surface area contributed by atoms with Gasteiger partial charge >= 0.3 is 0 Å². The molecule has 1 aliphatic heterocycles. The number of aromatic amines is 2. The Labute approximate surface area is 195 Å². The lowest BCUT2D eigenvalue weighted by molar-refractivity contribution is -0.132. The van der Waals surface area contributed by atoms with E-state index in [-0.39, 0.29) is 11.5 Å². The number of para-hydroxylation sites is 2. The highest BCUT2D eigenvalue weighted by Gasteiger charge is 2.25. The second-order valence-corrected chi connectivity index (χ2v) is 8.69. The summed E-state index contributed by atoms with van der Waals surface area (Å²) >= 11 is 0. The molecule has 4 heterocycles. The van der Waals surface area contributed by atoms with Crippen LogP contribution in [0, 0.1) is 0 Å². The summed E-state index contributed by atoms with van der Waals surface area (Å²) in [4.78, 5) is 40.4. The number of aromatic nitrogens is 5. The zero-order chi connectivity index (χ0) is 23.1. The molecule has 170 valence electrons. The Balaban J connectivity index is 1.16. The zero-order valence-corrected chi connectivity index (χ0v) is 18.6. The molecule has 34 heavy (non-hydrogen) atoms. The van der Waals surface area contributed by atoms with Gasteiger partial charge in [0.25, 0.3) is 5.56 Å². The molecule has 8 heteroatoms. The van der Waals surface area contributed by atoms with Gasteiger partial charge in [0.15, 0.2) is 5.65 Å². The van der Waals surface area contributed by atoms with Crippen LogP contribution in [-0.2, 0) is 24.2 Å². The highest BCUT2D eigenvalue weighted by molar-refractivity contribution is 5.77. The number of benzene rings is 2. The third kappa shape index (κ3) is 3.67. The van der Waals surface area contributed by atoms with Gasteiger partial charge in [-0.05, 0) is 30.5 Å². The van der Waals surface area contributed by atoms with Crippen LogP contribution >= 0.6 is 0 Å². The van der Waals surface area contributed by atoms with E-state index in [1.165, 1.54) is 4.52 Å². The molecule has 0 bridgehead atoms. The van der Waals surface area contributed by atoms with Crippen molar-refractivity contribution in [2.45, 2.75) is 32.2 Å². The summed E-state index contributed by atoms with van der Waals surface area (Å²) in [5, 5.41) is 3.17. The average molecular weight is 453 g/mol. The quantitative estimate of drug-likeness (QED) is 0.427. The molecule has 1 aliphatic rings. The van der Waals surface area contributed by atoms with Crippen molar-refractivity contribution in [1.82, 2.24) is 29.5 Å². The maximum absolute atomic E-state index is 13.1. The summed E-state index contributed by atoms with van der Waals surface area (Å²) in [7, 11) is 0. The van der Waals surface area contributed by atoms with E-state index in [0.29, 0.717) is 42.8 Å². The minimum absolute atomic E-state index is 0.0841. The predicted octanol–water partition coefficient (Wildman–Crippen LogP) is 3.47. The van der Waals surface area contributed by atoms with Crippen LogP contribution in [0.3, 0.4) is 0 Å². The van der Waals surface area contributed by atoms with Gasteiger partial charge in [-0.15, -0.1) is 0 Å². The molecule has 0 atom stereocenters. The van der Waals surface area contributed by atoms with E-state index in [1.807, 2.05) is 65.6 Å². The summed E-state index contributed by atoms with van der Waals surface area (Å²) in [6, 6.07) is 19.7. The van der Waals surface area contributed by atoms with Crippen LogP contribution < -0.4 is 5.56 Å². The second-order valence-electron chi connectivity index (χ2n) is 8.69. The lowest BCUT2D eigenvalue weighted by Gasteiger charge is -2.27. The molecule has 2 aromatic carbocycles. The van der Waals surface area contributed by atoms with E-state index in [1.54, 1.807) is 0 Å². The van der Waals surface area contributed by atoms with Gasteiger partial charge in [-0.3, -0.25) is 14.7 Å². The lowest BCUT2D eigenvalue weighted by Crippen LogP contribution is -2.39. The van der Waals surface area contributed by atoms with Crippen molar-refractivity contribution in [2.75, 3.05) is 6.54 Å². The van der Waals surface area contributed by atoms with Crippen molar-refractivity contribution < 1.29 is 4.79 Å². The number of hydrogen-bond donors (Lipinski definition) is 2. The Bertz CT molecular complexity index is 1530. The molecular weight excluding hydrogens is 428 g/mol. The van der Waals surface area contributed by atoms with Crippen LogP contribution in [0.2, 0.25) is 0 Å². The maximum atomic E-state index is 13.1. The van der Waals surface area contributed by atoms with E-state index in [0.717, 1.165) is 41.0 Å². The SMILES string of the molecule is O=C(CCCc1nc2ccccc2[nH]1)N1CCc2c(nc3cc(-c4ccccc4)[nH]n3c2=O)C1. The first kappa shape index (κ1) is 20.4. The minimum Gasteiger partial charge on any atom is -0.342 e. The predicted molar refractivity (Wildman–Crippen MR) is 129 cm³/mol. The van der Waals surface area contributed by atoms with Crippen molar-refractivity contribution in [2.24, 2.45) is 0 Å². The molecular formula is C26H24N6O2. The molecule has 0 unspecified atom stereocenters. The van der Waals surface area contributed by atoms with E-state index < -0.39 is 0 Å². The van der Waals surface area contributed by atoms with Crippen LogP contribution in [0.1, 0.15) is 29.9 Å². The Morgan fingerprint density at radius 1 is 1.03 bits per heavy atom. The second kappa shape index (κ2) is 8.30. The Kier molecular flexibility index (Phi) is 4.98. The number of hydrogen-bond acceptors (Lipinski definition) is 4. The van der Waals surface area contributed by atoms with Gasteiger partial charge in [0.1, 0.15) is 5.82 Å². The molecule has 1 amide bonds. The summed E-state index contributed by atoms with van der Waals surface area (Å²) in [5.74, 6) is 0.986. The Morgan fingerprint density at radius 2 is 1.85 bits per heavy atom. The number of rotatable bonds is 5. The van der Waals surface area contributed by atoms with E-state index in [4.69, 9.17) is 4.98 Å². The van der Waals surface area contributed by atoms with Gasteiger partial charge in [0, 0.05) is 31.0 Å². The van der Waals surface area contributed by atoms with Crippen LogP contribution in [-0.4, -0.2) is 41.9 Å². The number of aryl methyl sites for hydroxylation is 1. The number of H-pyrrole nitrogens is 2. The van der Waals surface area contributed by atoms with Crippen LogP contribution in [0.25, 0.3) is 27.9 Å². The van der Waals surface area contributed by atoms with Crippen molar-refractivity contribution in [1.29, 1.82) is 0 Å². The van der Waals surface area contributed by atoms with Gasteiger partial charge in [0.05, 0.1) is 29.0 Å². The molecule has 2 N–H and O–H groups in total. The van der Waals surface area contributed by atoms with Gasteiger partial charge in [-0.1, -0.05) is 42.5 Å². The smallest absolute Gasteiger partial charge is 0.276 e. The fourth-order valence-corrected chi connectivity index (χ4v) is 4.66. The number of nitrogens with zero attached hydrogens (tertiary/aromatic N) is 4. The number of carbonyl (C=O) groups excluding carboxylic acids is 1. The molecule has 0 saturated carbocycles. The minimum atomic E-state index is -0.0841. The fraction of sp³-hybridized carbons (Fsp3) is 0.231. The average Bonchev–Trinajstić information content (AvgIpc) is 3.48. The number of carbonyl (C=O) groups is 1. The van der Waals surface area contributed by atoms with Gasteiger partial charge in [0.2, 0.25) is 5.91 Å². The maximum Gasteiger partial charge on any atom is 0.276 e. The van der Waals surface area contributed by atoms with Crippen molar-refractivity contribution >= 4 is 22.6 Å². The summed E-state index contributed by atoms with van der Waals surface area (Å²) in [6.07, 6.45) is 2.39. The molecule has 6 rings (SSSR count). The first-order valence-electron chi connectivity index (χ1n) is 11.6. The van der Waals surface area contributed by atoms with Crippen molar-refractivity contribution in [3.63, 3.8) is 0 Å². The molecule has 3 aromatic heterocycles. The highest BCUT2D eigenvalue weighted by Crippen LogP contribution is 2.21. The third-order valence-corrected chi connectivity index (χ3v) is 6.45. The highest BCUT2D eigenvalue weighted by atomic mass is 16.2. The van der Waals surface area contributed by atoms with E-state index in [9.17, 15) is 9.59 Å². The molecule has 8 nitrogen and oxygen atoms in total. The van der Waals surface area contributed by atoms with Crippen LogP contribution in [0.15, 0.2) is 65.5 Å². The Morgan fingerprint density at radius 3 is 2.71 bits per heavy atom. The van der Waals surface area contributed by atoms with Crippen molar-refractivity contribution in [3.8, 4) is 11.3 Å². The molecule has 0 aliphatic carbocycles. The molecule has 0 fully saturated rings. The normalized spacial score (nSPS) is 13.5. The van der Waals surface area contributed by atoms with Crippen LogP contribution in [0.4, 0.5) is 0 Å². The molecule has 0 radical (unpaired) electrons. The third-order valence-electron chi connectivity index (χ3n) is 6.45. The van der Waals surface area contributed by atoms with Crippen LogP contribution in [0.5, 0.6) is 0 Å². The van der Waals surface area contributed by atoms with Gasteiger partial charge < -0.3 is 9.88 Å². The summed E-state index contributed by atoms with van der Waals surface area (Å²) in [6.45, 7) is 0.905. The molecule has 0 spiro atoms. The van der Waals surface area contributed by atoms with Gasteiger partial charge in [-0.2, -0.15) is 0 Å². The monoisotopic (exact) mass is 452 g/mol. The first-order valence-corrected chi connectivity index (χ1v) is 11.6. The summed E-state index contributed by atoms with van der Waals surface area (Å²) in [5.41, 5.74) is 5.66. The number of fused-ring (bicyclic) bond motifs is 3. The fourth-order valence-electron chi connectivity index (χ4n) is 4.66. The Hall–Kier alpha value is -4.20. The number of imidazole rings is 1.